The number of sulfonamides is 1. The quantitative estimate of drug-likeness (QED) is 0.647. The summed E-state index contributed by atoms with van der Waals surface area (Å²) in [6, 6.07) is 9.63. The molecule has 34 heavy (non-hydrogen) atoms. The highest BCUT2D eigenvalue weighted by molar-refractivity contribution is 7.88. The lowest BCUT2D eigenvalue weighted by atomic mass is 9.50. The van der Waals surface area contributed by atoms with Crippen LogP contribution in [-0.2, 0) is 16.6 Å². The van der Waals surface area contributed by atoms with Crippen molar-refractivity contribution in [3.8, 4) is 0 Å². The number of hydrogen-bond donors (Lipinski definition) is 2. The van der Waals surface area contributed by atoms with Crippen LogP contribution < -0.4 is 0 Å². The molecule has 0 aromatic heterocycles. The summed E-state index contributed by atoms with van der Waals surface area (Å²) in [6.07, 6.45) is 11.6. The number of allylic oxidation sites excluding steroid dienone is 3. The molecule has 3 saturated carbocycles. The molecule has 4 aliphatic rings. The third kappa shape index (κ3) is 3.82. The average molecular weight is 486 g/mol. The van der Waals surface area contributed by atoms with E-state index in [0.29, 0.717) is 12.3 Å². The second-order valence-electron chi connectivity index (χ2n) is 11.8. The van der Waals surface area contributed by atoms with Gasteiger partial charge >= 0.3 is 0 Å². The molecule has 1 aromatic rings. The standard InChI is InChI=1S/C28H39NO4S/c1-26-14-11-22(30)17-21(26)9-10-23-24(26)12-15-27(2)25(23)13-16-28(27,31)19-29(34(3,32)33)18-20-7-5-4-6-8-20/h4-10,22,24-25,30-31H,11-19H2,1-3H3. The summed E-state index contributed by atoms with van der Waals surface area (Å²) in [6.45, 7) is 4.98. The van der Waals surface area contributed by atoms with Crippen molar-refractivity contribution in [3.63, 3.8) is 0 Å². The Morgan fingerprint density at radius 2 is 1.71 bits per heavy atom. The van der Waals surface area contributed by atoms with Crippen LogP contribution in [0.2, 0.25) is 0 Å². The largest absolute Gasteiger partial charge is 0.393 e. The molecule has 3 fully saturated rings. The van der Waals surface area contributed by atoms with E-state index in [0.717, 1.165) is 44.1 Å². The minimum atomic E-state index is -3.48. The highest BCUT2D eigenvalue weighted by Crippen LogP contribution is 2.66. The predicted octanol–water partition coefficient (Wildman–Crippen LogP) is 4.42. The topological polar surface area (TPSA) is 77.8 Å². The smallest absolute Gasteiger partial charge is 0.211 e. The van der Waals surface area contributed by atoms with Gasteiger partial charge in [-0.15, -0.1) is 0 Å². The summed E-state index contributed by atoms with van der Waals surface area (Å²) >= 11 is 0. The number of aliphatic hydroxyl groups is 2. The molecule has 0 spiro atoms. The summed E-state index contributed by atoms with van der Waals surface area (Å²) in [4.78, 5) is 0. The van der Waals surface area contributed by atoms with Crippen LogP contribution in [0, 0.1) is 22.7 Å². The summed E-state index contributed by atoms with van der Waals surface area (Å²) in [5, 5.41) is 22.3. The number of rotatable bonds is 5. The molecule has 2 N–H and O–H groups in total. The van der Waals surface area contributed by atoms with Crippen molar-refractivity contribution < 1.29 is 18.6 Å². The zero-order valence-electron chi connectivity index (χ0n) is 20.7. The van der Waals surface area contributed by atoms with Crippen LogP contribution in [-0.4, -0.2) is 47.4 Å². The lowest BCUT2D eigenvalue weighted by molar-refractivity contribution is -0.0933. The van der Waals surface area contributed by atoms with Crippen LogP contribution >= 0.6 is 0 Å². The fourth-order valence-electron chi connectivity index (χ4n) is 7.72. The van der Waals surface area contributed by atoms with Crippen LogP contribution in [0.5, 0.6) is 0 Å². The third-order valence-electron chi connectivity index (χ3n) is 9.98. The first kappa shape index (κ1) is 24.2. The van der Waals surface area contributed by atoms with E-state index in [2.05, 4.69) is 26.0 Å². The van der Waals surface area contributed by atoms with Crippen LogP contribution in [0.4, 0.5) is 0 Å². The van der Waals surface area contributed by atoms with Crippen molar-refractivity contribution in [2.24, 2.45) is 22.7 Å². The molecule has 186 valence electrons. The molecule has 6 unspecified atom stereocenters. The van der Waals surface area contributed by atoms with E-state index in [1.807, 2.05) is 30.3 Å². The van der Waals surface area contributed by atoms with Gasteiger partial charge in [-0.25, -0.2) is 8.42 Å². The van der Waals surface area contributed by atoms with E-state index < -0.39 is 15.6 Å². The molecule has 0 aliphatic heterocycles. The molecular formula is C28H39NO4S. The number of benzene rings is 1. The van der Waals surface area contributed by atoms with E-state index in [1.54, 1.807) is 0 Å². The van der Waals surface area contributed by atoms with Crippen molar-refractivity contribution in [1.29, 1.82) is 0 Å². The number of hydrogen-bond acceptors (Lipinski definition) is 4. The van der Waals surface area contributed by atoms with Crippen LogP contribution in [0.25, 0.3) is 0 Å². The Kier molecular flexibility index (Phi) is 5.91. The van der Waals surface area contributed by atoms with E-state index in [1.165, 1.54) is 21.7 Å². The van der Waals surface area contributed by atoms with Crippen molar-refractivity contribution in [1.82, 2.24) is 4.31 Å². The molecule has 0 bridgehead atoms. The normalized spacial score (nSPS) is 39.6. The van der Waals surface area contributed by atoms with Gasteiger partial charge in [0.05, 0.1) is 18.0 Å². The minimum Gasteiger partial charge on any atom is -0.393 e. The number of fused-ring (bicyclic) bond motifs is 5. The van der Waals surface area contributed by atoms with Crippen molar-refractivity contribution in [3.05, 3.63) is 59.2 Å². The minimum absolute atomic E-state index is 0.0947. The molecule has 6 atom stereocenters. The third-order valence-corrected chi connectivity index (χ3v) is 11.2. The highest BCUT2D eigenvalue weighted by Gasteiger charge is 2.62. The fourth-order valence-corrected chi connectivity index (χ4v) is 8.56. The Hall–Kier alpha value is -1.47. The molecule has 0 radical (unpaired) electrons. The van der Waals surface area contributed by atoms with Gasteiger partial charge in [-0.3, -0.25) is 0 Å². The van der Waals surface area contributed by atoms with Gasteiger partial charge in [0.25, 0.3) is 0 Å². The maximum atomic E-state index is 12.8. The van der Waals surface area contributed by atoms with Gasteiger partial charge in [0, 0.05) is 18.5 Å². The molecule has 5 rings (SSSR count). The maximum absolute atomic E-state index is 12.8. The van der Waals surface area contributed by atoms with Gasteiger partial charge in [-0.1, -0.05) is 67.5 Å². The van der Waals surface area contributed by atoms with Gasteiger partial charge in [0.2, 0.25) is 10.0 Å². The summed E-state index contributed by atoms with van der Waals surface area (Å²) in [5.41, 5.74) is 2.43. The Morgan fingerprint density at radius 3 is 2.41 bits per heavy atom. The van der Waals surface area contributed by atoms with Crippen LogP contribution in [0.15, 0.2) is 53.6 Å². The Bertz CT molecular complexity index is 1110. The second kappa shape index (κ2) is 8.29. The Balaban J connectivity index is 1.44. The lowest BCUT2D eigenvalue weighted by Crippen LogP contribution is -2.56. The Morgan fingerprint density at radius 1 is 1.00 bits per heavy atom. The summed E-state index contributed by atoms with van der Waals surface area (Å²) < 4.78 is 27.0. The first-order valence-corrected chi connectivity index (χ1v) is 14.6. The van der Waals surface area contributed by atoms with Gasteiger partial charge in [0.15, 0.2) is 0 Å². The zero-order chi connectivity index (χ0) is 24.4. The zero-order valence-corrected chi connectivity index (χ0v) is 21.5. The average Bonchev–Trinajstić information content (AvgIpc) is 3.05. The van der Waals surface area contributed by atoms with Gasteiger partial charge in [-0.2, -0.15) is 4.31 Å². The Labute approximate surface area is 204 Å². The number of aliphatic hydroxyl groups excluding tert-OH is 1. The van der Waals surface area contributed by atoms with E-state index >= 15 is 0 Å². The monoisotopic (exact) mass is 485 g/mol. The van der Waals surface area contributed by atoms with Crippen molar-refractivity contribution >= 4 is 10.0 Å². The lowest BCUT2D eigenvalue weighted by Gasteiger charge is -2.56. The SMILES string of the molecule is CC12CCC(O)CC1=CC=C1C2CCC2(C)C1CCC2(O)CN(Cc1ccccc1)S(C)(=O)=O. The van der Waals surface area contributed by atoms with E-state index in [9.17, 15) is 18.6 Å². The predicted molar refractivity (Wildman–Crippen MR) is 134 cm³/mol. The molecule has 0 heterocycles. The highest BCUT2D eigenvalue weighted by atomic mass is 32.2. The van der Waals surface area contributed by atoms with Crippen molar-refractivity contribution in [2.75, 3.05) is 12.8 Å². The maximum Gasteiger partial charge on any atom is 0.211 e. The fraction of sp³-hybridized carbons (Fsp3) is 0.643. The molecule has 5 nitrogen and oxygen atoms in total. The molecule has 1 aromatic carbocycles. The molecular weight excluding hydrogens is 446 g/mol. The number of nitrogens with zero attached hydrogens (tertiary/aromatic N) is 1. The van der Waals surface area contributed by atoms with E-state index in [4.69, 9.17) is 0 Å². The molecule has 4 aliphatic carbocycles. The van der Waals surface area contributed by atoms with Gasteiger partial charge < -0.3 is 10.2 Å². The van der Waals surface area contributed by atoms with Gasteiger partial charge in [0.1, 0.15) is 0 Å². The van der Waals surface area contributed by atoms with Crippen molar-refractivity contribution in [2.45, 2.75) is 77.0 Å². The first-order chi connectivity index (χ1) is 16.0. The molecule has 0 saturated heterocycles. The second-order valence-corrected chi connectivity index (χ2v) is 13.8. The molecule has 6 heteroatoms. The van der Waals surface area contributed by atoms with Crippen LogP contribution in [0.3, 0.4) is 0 Å². The first-order valence-electron chi connectivity index (χ1n) is 12.8. The summed E-state index contributed by atoms with van der Waals surface area (Å²) in [7, 11) is -3.48. The molecule has 0 amide bonds. The summed E-state index contributed by atoms with van der Waals surface area (Å²) in [5.74, 6) is 0.714. The van der Waals surface area contributed by atoms with Gasteiger partial charge in [-0.05, 0) is 67.8 Å². The van der Waals surface area contributed by atoms with Crippen LogP contribution in [0.1, 0.15) is 64.4 Å². The van der Waals surface area contributed by atoms with E-state index in [-0.39, 0.29) is 35.9 Å².